The van der Waals surface area contributed by atoms with Crippen LogP contribution >= 0.6 is 0 Å². The molecule has 1 fully saturated rings. The highest BCUT2D eigenvalue weighted by atomic mass is 32.2. The number of amides is 1. The zero-order valence-corrected chi connectivity index (χ0v) is 11.0. The number of nitrogens with zero attached hydrogens (tertiary/aromatic N) is 1. The standard InChI is InChI=1S/C12H16N2O3S/c1-9-10(3-2-4-11(9)13)12(15)14-5-7-18(16,17)8-6-14/h2-4H,5-8,13H2,1H3. The minimum atomic E-state index is -2.97. The number of hydrogen-bond donors (Lipinski definition) is 1. The van der Waals surface area contributed by atoms with Crippen LogP contribution in [0.1, 0.15) is 15.9 Å². The fourth-order valence-electron chi connectivity index (χ4n) is 1.97. The lowest BCUT2D eigenvalue weighted by molar-refractivity contribution is 0.0769. The summed E-state index contributed by atoms with van der Waals surface area (Å²) in [7, 11) is -2.97. The number of nitrogen functional groups attached to an aromatic ring is 1. The predicted octanol–water partition coefficient (Wildman–Crippen LogP) is 0.448. The maximum absolute atomic E-state index is 12.3. The molecule has 1 saturated heterocycles. The number of hydrogen-bond acceptors (Lipinski definition) is 4. The number of carbonyl (C=O) groups excluding carboxylic acids is 1. The van der Waals surface area contributed by atoms with Gasteiger partial charge in [0.25, 0.3) is 5.91 Å². The van der Waals surface area contributed by atoms with Gasteiger partial charge in [0.15, 0.2) is 9.84 Å². The molecule has 0 radical (unpaired) electrons. The average molecular weight is 268 g/mol. The summed E-state index contributed by atoms with van der Waals surface area (Å²) in [5.41, 5.74) is 7.64. The maximum Gasteiger partial charge on any atom is 0.254 e. The second kappa shape index (κ2) is 4.61. The molecule has 0 atom stereocenters. The summed E-state index contributed by atoms with van der Waals surface area (Å²) in [4.78, 5) is 13.8. The molecule has 1 aliphatic rings. The largest absolute Gasteiger partial charge is 0.398 e. The Morgan fingerprint density at radius 3 is 2.50 bits per heavy atom. The van der Waals surface area contributed by atoms with Crippen LogP contribution in [0.5, 0.6) is 0 Å². The molecule has 5 nitrogen and oxygen atoms in total. The predicted molar refractivity (Wildman–Crippen MR) is 70.1 cm³/mol. The number of nitrogens with two attached hydrogens (primary N) is 1. The van der Waals surface area contributed by atoms with Gasteiger partial charge in [-0.05, 0) is 24.6 Å². The first kappa shape index (κ1) is 12.9. The Morgan fingerprint density at radius 2 is 1.89 bits per heavy atom. The molecule has 1 aromatic carbocycles. The normalized spacial score (nSPS) is 18.6. The van der Waals surface area contributed by atoms with Gasteiger partial charge in [-0.2, -0.15) is 0 Å². The summed E-state index contributed by atoms with van der Waals surface area (Å²) in [6, 6.07) is 5.19. The Balaban J connectivity index is 2.20. The third-order valence-corrected chi connectivity index (χ3v) is 4.85. The van der Waals surface area contributed by atoms with E-state index in [1.54, 1.807) is 30.0 Å². The molecule has 1 aliphatic heterocycles. The first-order valence-corrected chi connectivity index (χ1v) is 7.57. The van der Waals surface area contributed by atoms with Crippen LogP contribution in [0, 0.1) is 6.92 Å². The fraction of sp³-hybridized carbons (Fsp3) is 0.417. The zero-order chi connectivity index (χ0) is 13.3. The molecule has 0 aromatic heterocycles. The summed E-state index contributed by atoms with van der Waals surface area (Å²) >= 11 is 0. The van der Waals surface area contributed by atoms with E-state index < -0.39 is 9.84 Å². The van der Waals surface area contributed by atoms with Gasteiger partial charge in [-0.3, -0.25) is 4.79 Å². The van der Waals surface area contributed by atoms with Crippen LogP contribution < -0.4 is 5.73 Å². The third-order valence-electron chi connectivity index (χ3n) is 3.24. The Bertz CT molecular complexity index is 567. The molecule has 1 amide bonds. The average Bonchev–Trinajstić information content (AvgIpc) is 2.32. The van der Waals surface area contributed by atoms with Crippen molar-refractivity contribution < 1.29 is 13.2 Å². The lowest BCUT2D eigenvalue weighted by Crippen LogP contribution is -2.43. The highest BCUT2D eigenvalue weighted by molar-refractivity contribution is 7.91. The molecule has 18 heavy (non-hydrogen) atoms. The van der Waals surface area contributed by atoms with Crippen molar-refractivity contribution in [3.63, 3.8) is 0 Å². The zero-order valence-electron chi connectivity index (χ0n) is 10.2. The lowest BCUT2D eigenvalue weighted by atomic mass is 10.1. The Kier molecular flexibility index (Phi) is 3.30. The Morgan fingerprint density at radius 1 is 1.28 bits per heavy atom. The van der Waals surface area contributed by atoms with Crippen molar-refractivity contribution in [2.75, 3.05) is 30.3 Å². The van der Waals surface area contributed by atoms with Crippen molar-refractivity contribution in [2.24, 2.45) is 0 Å². The van der Waals surface area contributed by atoms with E-state index in [2.05, 4.69) is 0 Å². The van der Waals surface area contributed by atoms with Gasteiger partial charge < -0.3 is 10.6 Å². The van der Waals surface area contributed by atoms with Gasteiger partial charge in [0.05, 0.1) is 11.5 Å². The molecular formula is C12H16N2O3S. The van der Waals surface area contributed by atoms with Crippen LogP contribution in [0.2, 0.25) is 0 Å². The van der Waals surface area contributed by atoms with Crippen LogP contribution in [-0.4, -0.2) is 43.8 Å². The maximum atomic E-state index is 12.3. The summed E-state index contributed by atoms with van der Waals surface area (Å²) in [5, 5.41) is 0. The van der Waals surface area contributed by atoms with Crippen LogP contribution in [-0.2, 0) is 9.84 Å². The van der Waals surface area contributed by atoms with E-state index in [9.17, 15) is 13.2 Å². The smallest absolute Gasteiger partial charge is 0.254 e. The van der Waals surface area contributed by atoms with Crippen molar-refractivity contribution in [2.45, 2.75) is 6.92 Å². The summed E-state index contributed by atoms with van der Waals surface area (Å²) in [5.74, 6) is -0.0603. The molecule has 98 valence electrons. The minimum absolute atomic E-state index is 0.0418. The van der Waals surface area contributed by atoms with Gasteiger partial charge >= 0.3 is 0 Å². The topological polar surface area (TPSA) is 80.5 Å². The molecule has 0 bridgehead atoms. The Hall–Kier alpha value is -1.56. The second-order valence-electron chi connectivity index (χ2n) is 4.46. The molecule has 6 heteroatoms. The van der Waals surface area contributed by atoms with Crippen LogP contribution in [0.3, 0.4) is 0 Å². The van der Waals surface area contributed by atoms with Crippen molar-refractivity contribution in [3.05, 3.63) is 29.3 Å². The van der Waals surface area contributed by atoms with E-state index in [1.807, 2.05) is 0 Å². The molecule has 0 spiro atoms. The van der Waals surface area contributed by atoms with Crippen molar-refractivity contribution in [3.8, 4) is 0 Å². The van der Waals surface area contributed by atoms with E-state index in [4.69, 9.17) is 5.73 Å². The monoisotopic (exact) mass is 268 g/mol. The highest BCUT2D eigenvalue weighted by Gasteiger charge is 2.26. The quantitative estimate of drug-likeness (QED) is 0.750. The van der Waals surface area contributed by atoms with E-state index in [0.29, 0.717) is 11.3 Å². The van der Waals surface area contributed by atoms with Crippen LogP contribution in [0.15, 0.2) is 18.2 Å². The van der Waals surface area contributed by atoms with Crippen molar-refractivity contribution in [1.82, 2.24) is 4.90 Å². The number of benzene rings is 1. The van der Waals surface area contributed by atoms with Crippen LogP contribution in [0.25, 0.3) is 0 Å². The van der Waals surface area contributed by atoms with Gasteiger partial charge in [-0.1, -0.05) is 6.07 Å². The van der Waals surface area contributed by atoms with Gasteiger partial charge in [0.1, 0.15) is 0 Å². The summed E-state index contributed by atoms with van der Waals surface area (Å²) < 4.78 is 22.6. The summed E-state index contributed by atoms with van der Waals surface area (Å²) in [6.07, 6.45) is 0. The SMILES string of the molecule is Cc1c(N)cccc1C(=O)N1CCS(=O)(=O)CC1. The van der Waals surface area contributed by atoms with Gasteiger partial charge in [0, 0.05) is 24.3 Å². The fourth-order valence-corrected chi connectivity index (χ4v) is 3.17. The molecule has 0 unspecified atom stereocenters. The van der Waals surface area contributed by atoms with Gasteiger partial charge in [0.2, 0.25) is 0 Å². The van der Waals surface area contributed by atoms with Crippen molar-refractivity contribution >= 4 is 21.4 Å². The van der Waals surface area contributed by atoms with Crippen molar-refractivity contribution in [1.29, 1.82) is 0 Å². The summed E-state index contributed by atoms with van der Waals surface area (Å²) in [6.45, 7) is 2.31. The molecule has 0 saturated carbocycles. The number of sulfone groups is 1. The van der Waals surface area contributed by atoms with Gasteiger partial charge in [-0.25, -0.2) is 8.42 Å². The van der Waals surface area contributed by atoms with E-state index in [1.165, 1.54) is 0 Å². The highest BCUT2D eigenvalue weighted by Crippen LogP contribution is 2.18. The first-order valence-electron chi connectivity index (χ1n) is 5.75. The molecule has 1 aromatic rings. The van der Waals surface area contributed by atoms with E-state index in [-0.39, 0.29) is 30.5 Å². The molecule has 1 heterocycles. The van der Waals surface area contributed by atoms with E-state index >= 15 is 0 Å². The molecule has 0 aliphatic carbocycles. The minimum Gasteiger partial charge on any atom is -0.398 e. The molecular weight excluding hydrogens is 252 g/mol. The number of anilines is 1. The third kappa shape index (κ3) is 2.48. The number of rotatable bonds is 1. The van der Waals surface area contributed by atoms with Gasteiger partial charge in [-0.15, -0.1) is 0 Å². The Labute approximate surface area is 107 Å². The molecule has 2 rings (SSSR count). The lowest BCUT2D eigenvalue weighted by Gasteiger charge is -2.27. The number of carbonyl (C=O) groups is 1. The van der Waals surface area contributed by atoms with E-state index in [0.717, 1.165) is 5.56 Å². The first-order chi connectivity index (χ1) is 8.41. The second-order valence-corrected chi connectivity index (χ2v) is 6.77. The van der Waals surface area contributed by atoms with Crippen LogP contribution in [0.4, 0.5) is 5.69 Å². The molecule has 2 N–H and O–H groups in total.